The number of halogens is 3. The SMILES string of the molecule is CCC(CC)Oc1nn2c(N)n[n+](CC(=O)c3cc(N4CCOCC4)c(OC)c(C(C)(C)C)c3)c2cc1C(C)C.O=C([O-])C(F)(F)F. The molecule has 0 radical (unpaired) electrons. The number of anilines is 2. The summed E-state index contributed by atoms with van der Waals surface area (Å²) in [6, 6.07) is 5.87. The van der Waals surface area contributed by atoms with Gasteiger partial charge in [-0.1, -0.05) is 53.0 Å². The summed E-state index contributed by atoms with van der Waals surface area (Å²) in [6.07, 6.45) is -3.37. The number of hydrogen-bond donors (Lipinski definition) is 1. The molecule has 1 saturated heterocycles. The van der Waals surface area contributed by atoms with Crippen LogP contribution >= 0.6 is 0 Å². The number of morpholine rings is 1. The highest BCUT2D eigenvalue weighted by molar-refractivity contribution is 5.97. The maximum atomic E-state index is 13.8. The minimum Gasteiger partial charge on any atom is -0.542 e. The van der Waals surface area contributed by atoms with Crippen molar-refractivity contribution in [1.82, 2.24) is 14.7 Å². The number of carbonyl (C=O) groups excluding carboxylic acids is 2. The van der Waals surface area contributed by atoms with Gasteiger partial charge in [-0.2, -0.15) is 13.2 Å². The summed E-state index contributed by atoms with van der Waals surface area (Å²) >= 11 is 0. The van der Waals surface area contributed by atoms with Gasteiger partial charge in [0.1, 0.15) is 17.8 Å². The molecular weight excluding hydrogens is 621 g/mol. The molecular formula is C32H45F3N6O6. The Balaban J connectivity index is 0.000000771. The zero-order valence-electron chi connectivity index (χ0n) is 28.2. The maximum Gasteiger partial charge on any atom is 0.430 e. The summed E-state index contributed by atoms with van der Waals surface area (Å²) in [5, 5.41) is 18.0. The van der Waals surface area contributed by atoms with Crippen molar-refractivity contribution in [2.75, 3.05) is 44.0 Å². The number of carbonyl (C=O) groups is 2. The molecule has 0 atom stereocenters. The highest BCUT2D eigenvalue weighted by atomic mass is 19.4. The van der Waals surface area contributed by atoms with Crippen LogP contribution in [0.3, 0.4) is 0 Å². The molecule has 2 N–H and O–H groups in total. The number of Topliss-reactive ketones (excluding diaryl/α,β-unsaturated/α-hetero) is 1. The average molecular weight is 667 g/mol. The number of benzene rings is 1. The topological polar surface area (TPSA) is 148 Å². The number of ketones is 1. The van der Waals surface area contributed by atoms with Gasteiger partial charge in [0.2, 0.25) is 5.78 Å². The Kier molecular flexibility index (Phi) is 12.1. The second kappa shape index (κ2) is 15.2. The smallest absolute Gasteiger partial charge is 0.430 e. The van der Waals surface area contributed by atoms with Crippen molar-refractivity contribution in [3.05, 3.63) is 34.9 Å². The van der Waals surface area contributed by atoms with E-state index in [0.717, 1.165) is 48.5 Å². The standard InChI is InChI=1S/C30H45N6O4.C2HF3O2/c1-9-21(10-2)40-28-22(19(3)4)17-26-35(33-29(31)36(26)32-28)18-25(37)20-15-23(30(5,6)7)27(38-8)24(16-20)34-11-13-39-14-12-34;3-2(4,5)1(6)7/h15-17,19,21H,9-14,18H2,1-8H3,(H2,31,33);(H,6,7)/q+1;/p-1. The third-order valence-electron chi connectivity index (χ3n) is 7.74. The molecule has 1 aromatic carbocycles. The van der Waals surface area contributed by atoms with Crippen LogP contribution in [-0.2, 0) is 21.5 Å². The van der Waals surface area contributed by atoms with Crippen LogP contribution < -0.4 is 29.9 Å². The van der Waals surface area contributed by atoms with E-state index in [-0.39, 0.29) is 35.7 Å². The zero-order valence-corrected chi connectivity index (χ0v) is 28.2. The molecule has 3 aromatic rings. The number of ether oxygens (including phenoxy) is 3. The fraction of sp³-hybridized carbons (Fsp3) is 0.594. The number of rotatable bonds is 10. The van der Waals surface area contributed by atoms with Crippen molar-refractivity contribution >= 4 is 29.0 Å². The summed E-state index contributed by atoms with van der Waals surface area (Å²) in [6.45, 7) is 17.5. The van der Waals surface area contributed by atoms with Crippen molar-refractivity contribution in [2.45, 2.75) is 91.5 Å². The van der Waals surface area contributed by atoms with Crippen LogP contribution in [0.25, 0.3) is 5.65 Å². The van der Waals surface area contributed by atoms with Gasteiger partial charge in [0, 0.05) is 35.8 Å². The second-order valence-corrected chi connectivity index (χ2v) is 12.5. The Morgan fingerprint density at radius 3 is 2.19 bits per heavy atom. The lowest BCUT2D eigenvalue weighted by Gasteiger charge is -2.33. The van der Waals surface area contributed by atoms with Crippen LogP contribution in [0.2, 0.25) is 0 Å². The first kappa shape index (κ1) is 37.3. The van der Waals surface area contributed by atoms with Crippen molar-refractivity contribution in [2.24, 2.45) is 0 Å². The zero-order chi connectivity index (χ0) is 35.3. The molecule has 47 heavy (non-hydrogen) atoms. The van der Waals surface area contributed by atoms with E-state index in [1.165, 1.54) is 0 Å². The lowest BCUT2D eigenvalue weighted by molar-refractivity contribution is -0.714. The molecule has 0 bridgehead atoms. The Hall–Kier alpha value is -4.14. The Morgan fingerprint density at radius 2 is 1.70 bits per heavy atom. The molecule has 0 amide bonds. The van der Waals surface area contributed by atoms with Gasteiger partial charge in [0.25, 0.3) is 5.88 Å². The molecule has 260 valence electrons. The maximum absolute atomic E-state index is 13.8. The average Bonchev–Trinajstić information content (AvgIpc) is 3.31. The highest BCUT2D eigenvalue weighted by Crippen LogP contribution is 2.40. The first-order valence-corrected chi connectivity index (χ1v) is 15.5. The lowest BCUT2D eigenvalue weighted by atomic mass is 9.84. The molecule has 12 nitrogen and oxygen atoms in total. The van der Waals surface area contributed by atoms with Crippen LogP contribution in [0, 0.1) is 0 Å². The number of aromatic nitrogens is 4. The quantitative estimate of drug-likeness (QED) is 0.251. The van der Waals surface area contributed by atoms with Crippen molar-refractivity contribution in [3.63, 3.8) is 0 Å². The van der Waals surface area contributed by atoms with Gasteiger partial charge in [-0.05, 0) is 46.5 Å². The molecule has 0 spiro atoms. The highest BCUT2D eigenvalue weighted by Gasteiger charge is 2.31. The first-order valence-electron chi connectivity index (χ1n) is 15.5. The number of aliphatic carboxylic acids is 1. The number of fused-ring (bicyclic) bond motifs is 1. The largest absolute Gasteiger partial charge is 0.542 e. The number of carboxylic acid groups (broad SMARTS) is 1. The van der Waals surface area contributed by atoms with E-state index >= 15 is 0 Å². The van der Waals surface area contributed by atoms with E-state index in [1.54, 1.807) is 16.3 Å². The van der Waals surface area contributed by atoms with Gasteiger partial charge in [0.15, 0.2) is 6.54 Å². The van der Waals surface area contributed by atoms with Crippen LogP contribution in [0.5, 0.6) is 11.6 Å². The summed E-state index contributed by atoms with van der Waals surface area (Å²) < 4.78 is 52.5. The van der Waals surface area contributed by atoms with Crippen LogP contribution in [0.15, 0.2) is 18.2 Å². The predicted octanol–water partition coefficient (Wildman–Crippen LogP) is 3.61. The Bertz CT molecular complexity index is 1560. The minimum absolute atomic E-state index is 0.0190. The molecule has 2 aromatic heterocycles. The number of nitrogens with zero attached hydrogens (tertiary/aromatic N) is 5. The monoisotopic (exact) mass is 666 g/mol. The van der Waals surface area contributed by atoms with Crippen LogP contribution in [0.4, 0.5) is 24.8 Å². The number of methoxy groups -OCH3 is 1. The molecule has 0 unspecified atom stereocenters. The molecule has 15 heteroatoms. The van der Waals surface area contributed by atoms with Gasteiger partial charge in [-0.25, -0.2) is 0 Å². The fourth-order valence-corrected chi connectivity index (χ4v) is 5.08. The molecule has 1 aliphatic rings. The van der Waals surface area contributed by atoms with Crippen LogP contribution in [-0.4, -0.2) is 72.2 Å². The van der Waals surface area contributed by atoms with E-state index in [0.29, 0.717) is 30.3 Å². The predicted molar refractivity (Wildman–Crippen MR) is 167 cm³/mol. The molecule has 1 fully saturated rings. The summed E-state index contributed by atoms with van der Waals surface area (Å²) in [5.74, 6) is -1.37. The molecule has 3 heterocycles. The van der Waals surface area contributed by atoms with E-state index in [2.05, 4.69) is 58.5 Å². The van der Waals surface area contributed by atoms with E-state index < -0.39 is 12.1 Å². The van der Waals surface area contributed by atoms with E-state index in [4.69, 9.17) is 34.9 Å². The van der Waals surface area contributed by atoms with Gasteiger partial charge in [-0.3, -0.25) is 4.79 Å². The van der Waals surface area contributed by atoms with E-state index in [9.17, 15) is 18.0 Å². The molecule has 1 aliphatic heterocycles. The van der Waals surface area contributed by atoms with Gasteiger partial charge in [0.05, 0.1) is 26.0 Å². The van der Waals surface area contributed by atoms with Crippen molar-refractivity contribution in [1.29, 1.82) is 0 Å². The summed E-state index contributed by atoms with van der Waals surface area (Å²) in [7, 11) is 1.69. The Labute approximate surface area is 272 Å². The fourth-order valence-electron chi connectivity index (χ4n) is 5.08. The number of carboxylic acids is 1. The molecule has 4 rings (SSSR count). The third-order valence-corrected chi connectivity index (χ3v) is 7.74. The Morgan fingerprint density at radius 1 is 1.11 bits per heavy atom. The van der Waals surface area contributed by atoms with Crippen LogP contribution in [0.1, 0.15) is 88.7 Å². The van der Waals surface area contributed by atoms with Crippen molar-refractivity contribution < 1.29 is 46.8 Å². The van der Waals surface area contributed by atoms with Crippen molar-refractivity contribution in [3.8, 4) is 11.6 Å². The summed E-state index contributed by atoms with van der Waals surface area (Å²) in [4.78, 5) is 24.9. The number of hydrogen-bond acceptors (Lipinski definition) is 10. The number of alkyl halides is 3. The first-order chi connectivity index (χ1) is 21.9. The second-order valence-electron chi connectivity index (χ2n) is 12.5. The molecule has 0 aliphatic carbocycles. The van der Waals surface area contributed by atoms with Gasteiger partial charge < -0.3 is 34.7 Å². The molecule has 0 saturated carbocycles. The summed E-state index contributed by atoms with van der Waals surface area (Å²) in [5.41, 5.74) is 10.1. The normalized spacial score (nSPS) is 13.9. The number of nitrogens with two attached hydrogens (primary N) is 1. The minimum atomic E-state index is -5.19. The van der Waals surface area contributed by atoms with E-state index in [1.807, 2.05) is 18.2 Å². The number of nitrogen functional groups attached to an aromatic ring is 1. The lowest BCUT2D eigenvalue weighted by Crippen LogP contribution is -2.41. The van der Waals surface area contributed by atoms with Gasteiger partial charge >= 0.3 is 17.8 Å². The van der Waals surface area contributed by atoms with Gasteiger partial charge in [-0.15, -0.1) is 4.68 Å². The third kappa shape index (κ3) is 9.02.